The molecule has 0 unspecified atom stereocenters. The van der Waals surface area contributed by atoms with Gasteiger partial charge in [0, 0.05) is 56.0 Å². The Labute approximate surface area is 236 Å². The summed E-state index contributed by atoms with van der Waals surface area (Å²) in [4.78, 5) is 34.5. The van der Waals surface area contributed by atoms with Crippen LogP contribution in [0, 0.1) is 0 Å². The number of rotatable bonds is 8. The number of ether oxygens (including phenoxy) is 1. The van der Waals surface area contributed by atoms with Gasteiger partial charge in [0.05, 0.1) is 16.8 Å². The van der Waals surface area contributed by atoms with E-state index in [0.717, 1.165) is 48.1 Å². The van der Waals surface area contributed by atoms with E-state index in [4.69, 9.17) is 21.3 Å². The number of piperazine rings is 1. The summed E-state index contributed by atoms with van der Waals surface area (Å²) in [7, 11) is 1.61. The van der Waals surface area contributed by atoms with Gasteiger partial charge in [-0.15, -0.1) is 12.4 Å². The number of nitrogens with one attached hydrogen (secondary N) is 1. The number of aromatic nitrogens is 1. The molecule has 1 fully saturated rings. The number of amides is 1. The minimum absolute atomic E-state index is 0. The van der Waals surface area contributed by atoms with Crippen LogP contribution in [0.4, 0.5) is 5.13 Å². The number of ketones is 1. The Morgan fingerprint density at radius 3 is 2.29 bits per heavy atom. The van der Waals surface area contributed by atoms with Gasteiger partial charge < -0.3 is 15.0 Å². The molecule has 0 bridgehead atoms. The number of nitrogens with zero attached hydrogens (tertiary/aromatic N) is 3. The van der Waals surface area contributed by atoms with Crippen LogP contribution >= 0.6 is 35.3 Å². The molecule has 0 aliphatic carbocycles. The molecule has 1 saturated heterocycles. The highest BCUT2D eigenvalue weighted by molar-refractivity contribution is 7.22. The molecule has 4 aromatic rings. The van der Waals surface area contributed by atoms with E-state index in [1.165, 1.54) is 0 Å². The number of halogens is 2. The highest BCUT2D eigenvalue weighted by Crippen LogP contribution is 2.38. The Bertz CT molecular complexity index is 1410. The monoisotopic (exact) mass is 570 g/mol. The van der Waals surface area contributed by atoms with Crippen molar-refractivity contribution in [3.63, 3.8) is 0 Å². The number of fused-ring (bicyclic) bond motifs is 1. The predicted molar refractivity (Wildman–Crippen MR) is 156 cm³/mol. The molecule has 2 heterocycles. The molecule has 1 N–H and O–H groups in total. The molecule has 10 heteroatoms. The van der Waals surface area contributed by atoms with E-state index in [1.54, 1.807) is 54.8 Å². The second-order valence-electron chi connectivity index (χ2n) is 8.78. The molecule has 0 radical (unpaired) electrons. The maximum absolute atomic E-state index is 12.6. The van der Waals surface area contributed by atoms with Gasteiger partial charge in [0.2, 0.25) is 0 Å². The van der Waals surface area contributed by atoms with Crippen molar-refractivity contribution in [2.75, 3.05) is 51.3 Å². The Kier molecular flexibility index (Phi) is 9.22. The molecular formula is C28H28Cl2N4O3S. The largest absolute Gasteiger partial charge is 0.493 e. The SMILES string of the molecule is COc1c(Cl)ccc2sc(N3CCN(CCNC(=O)c4ccc(C(=O)c5ccccc5)cc4)CC3)nc12.Cl. The van der Waals surface area contributed by atoms with E-state index in [1.807, 2.05) is 30.3 Å². The van der Waals surface area contributed by atoms with Crippen LogP contribution in [0.1, 0.15) is 26.3 Å². The molecule has 7 nitrogen and oxygen atoms in total. The molecule has 3 aromatic carbocycles. The minimum atomic E-state index is -0.139. The zero-order valence-corrected chi connectivity index (χ0v) is 23.2. The molecule has 38 heavy (non-hydrogen) atoms. The van der Waals surface area contributed by atoms with E-state index in [9.17, 15) is 9.59 Å². The summed E-state index contributed by atoms with van der Waals surface area (Å²) >= 11 is 7.89. The fraction of sp³-hybridized carbons (Fsp3) is 0.250. The van der Waals surface area contributed by atoms with Crippen molar-refractivity contribution in [2.24, 2.45) is 0 Å². The number of carbonyl (C=O) groups is 2. The molecule has 5 rings (SSSR count). The lowest BCUT2D eigenvalue weighted by Crippen LogP contribution is -2.48. The van der Waals surface area contributed by atoms with Gasteiger partial charge in [-0.25, -0.2) is 4.98 Å². The van der Waals surface area contributed by atoms with Crippen LogP contribution in [0.15, 0.2) is 66.7 Å². The molecule has 0 atom stereocenters. The second kappa shape index (κ2) is 12.6. The van der Waals surface area contributed by atoms with Gasteiger partial charge in [-0.1, -0.05) is 65.4 Å². The summed E-state index contributed by atoms with van der Waals surface area (Å²) in [6.07, 6.45) is 0. The van der Waals surface area contributed by atoms with Crippen LogP contribution < -0.4 is 15.0 Å². The normalized spacial score (nSPS) is 13.7. The molecule has 1 aliphatic heterocycles. The van der Waals surface area contributed by atoms with Crippen molar-refractivity contribution in [2.45, 2.75) is 0 Å². The second-order valence-corrected chi connectivity index (χ2v) is 10.2. The van der Waals surface area contributed by atoms with E-state index < -0.39 is 0 Å². The van der Waals surface area contributed by atoms with Gasteiger partial charge in [0.15, 0.2) is 16.7 Å². The van der Waals surface area contributed by atoms with Crippen LogP contribution in [-0.4, -0.2) is 68.0 Å². The number of benzene rings is 3. The number of carbonyl (C=O) groups excluding carboxylic acids is 2. The zero-order valence-electron chi connectivity index (χ0n) is 20.9. The van der Waals surface area contributed by atoms with E-state index in [-0.39, 0.29) is 24.1 Å². The number of methoxy groups -OCH3 is 1. The Morgan fingerprint density at radius 2 is 1.61 bits per heavy atom. The first-order valence-corrected chi connectivity index (χ1v) is 13.3. The highest BCUT2D eigenvalue weighted by atomic mass is 35.5. The van der Waals surface area contributed by atoms with Gasteiger partial charge in [-0.05, 0) is 24.3 Å². The van der Waals surface area contributed by atoms with Gasteiger partial charge >= 0.3 is 0 Å². The third-order valence-electron chi connectivity index (χ3n) is 6.46. The van der Waals surface area contributed by atoms with Gasteiger partial charge in [0.25, 0.3) is 5.91 Å². The molecule has 0 saturated carbocycles. The first kappa shape index (κ1) is 27.9. The average molecular weight is 572 g/mol. The lowest BCUT2D eigenvalue weighted by atomic mass is 10.0. The Morgan fingerprint density at radius 1 is 0.947 bits per heavy atom. The summed E-state index contributed by atoms with van der Waals surface area (Å²) in [5.41, 5.74) is 2.54. The van der Waals surface area contributed by atoms with Crippen molar-refractivity contribution < 1.29 is 14.3 Å². The molecule has 198 valence electrons. The first-order valence-electron chi connectivity index (χ1n) is 12.1. The quantitative estimate of drug-likeness (QED) is 0.295. The topological polar surface area (TPSA) is 74.8 Å². The molecule has 1 aromatic heterocycles. The third kappa shape index (κ3) is 6.10. The smallest absolute Gasteiger partial charge is 0.251 e. The lowest BCUT2D eigenvalue weighted by molar-refractivity contribution is 0.0946. The van der Waals surface area contributed by atoms with Crippen LogP contribution in [-0.2, 0) is 0 Å². The fourth-order valence-corrected chi connectivity index (χ4v) is 5.63. The standard InChI is InChI=1S/C28H27ClN4O3S.ClH/c1-36-26-22(29)11-12-23-24(26)31-28(37-23)33-17-15-32(16-18-33)14-13-30-27(35)21-9-7-20(8-10-21)25(34)19-5-3-2-4-6-19;/h2-12H,13-18H2,1H3,(H,30,35);1H. The fourth-order valence-electron chi connectivity index (χ4n) is 4.38. The molecule has 0 spiro atoms. The predicted octanol–water partition coefficient (Wildman–Crippen LogP) is 5.16. The van der Waals surface area contributed by atoms with Gasteiger partial charge in [0.1, 0.15) is 5.52 Å². The highest BCUT2D eigenvalue weighted by Gasteiger charge is 2.21. The minimum Gasteiger partial charge on any atom is -0.493 e. The molecule has 1 amide bonds. The summed E-state index contributed by atoms with van der Waals surface area (Å²) in [6.45, 7) is 4.83. The van der Waals surface area contributed by atoms with E-state index in [0.29, 0.717) is 34.0 Å². The van der Waals surface area contributed by atoms with Gasteiger partial charge in [-0.3, -0.25) is 14.5 Å². The molecule has 1 aliphatic rings. The number of hydrogen-bond acceptors (Lipinski definition) is 7. The maximum atomic E-state index is 12.6. The third-order valence-corrected chi connectivity index (χ3v) is 7.84. The maximum Gasteiger partial charge on any atom is 0.251 e. The summed E-state index contributed by atoms with van der Waals surface area (Å²) < 4.78 is 6.50. The number of anilines is 1. The Hall–Kier alpha value is -3.17. The van der Waals surface area contributed by atoms with Crippen LogP contribution in [0.3, 0.4) is 0 Å². The number of hydrogen-bond donors (Lipinski definition) is 1. The van der Waals surface area contributed by atoms with E-state index in [2.05, 4.69) is 15.1 Å². The zero-order chi connectivity index (χ0) is 25.8. The van der Waals surface area contributed by atoms with Crippen LogP contribution in [0.2, 0.25) is 5.02 Å². The average Bonchev–Trinajstić information content (AvgIpc) is 3.38. The van der Waals surface area contributed by atoms with Crippen molar-refractivity contribution in [3.05, 3.63) is 88.4 Å². The lowest BCUT2D eigenvalue weighted by Gasteiger charge is -2.34. The van der Waals surface area contributed by atoms with Gasteiger partial charge in [-0.2, -0.15) is 0 Å². The van der Waals surface area contributed by atoms with Crippen LogP contribution in [0.5, 0.6) is 5.75 Å². The Balaban J connectivity index is 0.00000336. The van der Waals surface area contributed by atoms with Crippen molar-refractivity contribution in [1.82, 2.24) is 15.2 Å². The molecular weight excluding hydrogens is 543 g/mol. The van der Waals surface area contributed by atoms with Crippen molar-refractivity contribution in [1.29, 1.82) is 0 Å². The van der Waals surface area contributed by atoms with Crippen molar-refractivity contribution in [3.8, 4) is 5.75 Å². The number of thiazole rings is 1. The van der Waals surface area contributed by atoms with E-state index >= 15 is 0 Å². The van der Waals surface area contributed by atoms with Crippen molar-refractivity contribution >= 4 is 62.4 Å². The first-order chi connectivity index (χ1) is 18.0. The summed E-state index contributed by atoms with van der Waals surface area (Å²) in [5, 5.41) is 4.52. The summed E-state index contributed by atoms with van der Waals surface area (Å²) in [5.74, 6) is 0.424. The van der Waals surface area contributed by atoms with Crippen LogP contribution in [0.25, 0.3) is 10.2 Å². The summed E-state index contributed by atoms with van der Waals surface area (Å²) in [6, 6.07) is 19.8.